The van der Waals surface area contributed by atoms with E-state index in [0.29, 0.717) is 18.2 Å². The van der Waals surface area contributed by atoms with Crippen LogP contribution < -0.4 is 5.32 Å². The lowest BCUT2D eigenvalue weighted by Crippen LogP contribution is -2.37. The van der Waals surface area contributed by atoms with Crippen molar-refractivity contribution in [3.8, 4) is 0 Å². The van der Waals surface area contributed by atoms with Gasteiger partial charge in [-0.05, 0) is 56.2 Å². The number of amides is 1. The molecule has 2 N–H and O–H groups in total. The second-order valence-electron chi connectivity index (χ2n) is 7.24. The SMILES string of the molecule is O=C(c1ccn(C2CCCNC2)n1)N1CCCC1CC(O)c1cccs1. The highest BCUT2D eigenvalue weighted by Crippen LogP contribution is 2.30. The fraction of sp³-hybridized carbons (Fsp3) is 0.579. The lowest BCUT2D eigenvalue weighted by Gasteiger charge is -2.26. The first-order valence-electron chi connectivity index (χ1n) is 9.50. The number of aromatic nitrogens is 2. The smallest absolute Gasteiger partial charge is 0.274 e. The summed E-state index contributed by atoms with van der Waals surface area (Å²) in [5, 5.41) is 20.4. The van der Waals surface area contributed by atoms with E-state index in [2.05, 4.69) is 10.4 Å². The van der Waals surface area contributed by atoms with E-state index in [0.717, 1.165) is 50.2 Å². The van der Waals surface area contributed by atoms with Gasteiger partial charge in [-0.1, -0.05) is 6.07 Å². The van der Waals surface area contributed by atoms with Gasteiger partial charge in [0.2, 0.25) is 0 Å². The van der Waals surface area contributed by atoms with E-state index in [1.54, 1.807) is 11.3 Å². The van der Waals surface area contributed by atoms with Crippen molar-refractivity contribution in [2.24, 2.45) is 0 Å². The molecule has 4 rings (SSSR count). The Bertz CT molecular complexity index is 724. The summed E-state index contributed by atoms with van der Waals surface area (Å²) in [6.07, 6.45) is 6.20. The molecule has 0 saturated carbocycles. The lowest BCUT2D eigenvalue weighted by atomic mass is 10.1. The predicted molar refractivity (Wildman–Crippen MR) is 101 cm³/mol. The van der Waals surface area contributed by atoms with Crippen LogP contribution in [0.25, 0.3) is 0 Å². The zero-order valence-electron chi connectivity index (χ0n) is 14.9. The Morgan fingerprint density at radius 2 is 2.31 bits per heavy atom. The third-order valence-corrected chi connectivity index (χ3v) is 6.45. The van der Waals surface area contributed by atoms with Crippen LogP contribution in [0.2, 0.25) is 0 Å². The molecule has 6 nitrogen and oxygen atoms in total. The first kappa shape index (κ1) is 17.7. The number of piperidine rings is 1. The van der Waals surface area contributed by atoms with Crippen LogP contribution in [-0.4, -0.2) is 51.4 Å². The van der Waals surface area contributed by atoms with Gasteiger partial charge in [0, 0.05) is 30.2 Å². The summed E-state index contributed by atoms with van der Waals surface area (Å²) in [5.41, 5.74) is 0.521. The first-order chi connectivity index (χ1) is 12.7. The third-order valence-electron chi connectivity index (χ3n) is 5.48. The molecule has 0 aliphatic carbocycles. The molecule has 2 aromatic rings. The Morgan fingerprint density at radius 1 is 1.38 bits per heavy atom. The number of nitrogens with one attached hydrogen (secondary N) is 1. The van der Waals surface area contributed by atoms with Crippen molar-refractivity contribution in [1.82, 2.24) is 20.0 Å². The van der Waals surface area contributed by atoms with Gasteiger partial charge in [-0.2, -0.15) is 5.10 Å². The number of carbonyl (C=O) groups is 1. The van der Waals surface area contributed by atoms with E-state index in [4.69, 9.17) is 0 Å². The van der Waals surface area contributed by atoms with Gasteiger partial charge < -0.3 is 15.3 Å². The summed E-state index contributed by atoms with van der Waals surface area (Å²) in [6.45, 7) is 2.72. The predicted octanol–water partition coefficient (Wildman–Crippen LogP) is 2.60. The molecule has 2 aliphatic heterocycles. The van der Waals surface area contributed by atoms with Crippen LogP contribution in [0, 0.1) is 0 Å². The van der Waals surface area contributed by atoms with Gasteiger partial charge in [0.05, 0.1) is 12.1 Å². The molecule has 2 fully saturated rings. The zero-order valence-corrected chi connectivity index (χ0v) is 15.7. The number of aliphatic hydroxyl groups excluding tert-OH is 1. The van der Waals surface area contributed by atoms with Crippen molar-refractivity contribution >= 4 is 17.2 Å². The molecule has 0 spiro atoms. The van der Waals surface area contributed by atoms with Gasteiger partial charge in [-0.3, -0.25) is 9.48 Å². The molecule has 2 saturated heterocycles. The molecule has 1 amide bonds. The zero-order chi connectivity index (χ0) is 17.9. The molecule has 4 heterocycles. The van der Waals surface area contributed by atoms with E-state index in [9.17, 15) is 9.90 Å². The van der Waals surface area contributed by atoms with Crippen molar-refractivity contribution in [2.75, 3.05) is 19.6 Å². The molecule has 26 heavy (non-hydrogen) atoms. The van der Waals surface area contributed by atoms with E-state index >= 15 is 0 Å². The van der Waals surface area contributed by atoms with Gasteiger partial charge in [0.1, 0.15) is 5.69 Å². The van der Waals surface area contributed by atoms with E-state index in [1.165, 1.54) is 0 Å². The third kappa shape index (κ3) is 3.70. The molecule has 2 aliphatic rings. The summed E-state index contributed by atoms with van der Waals surface area (Å²) in [6, 6.07) is 6.16. The van der Waals surface area contributed by atoms with Crippen LogP contribution in [0.15, 0.2) is 29.8 Å². The Balaban J connectivity index is 1.42. The average molecular weight is 375 g/mol. The van der Waals surface area contributed by atoms with Gasteiger partial charge >= 0.3 is 0 Å². The van der Waals surface area contributed by atoms with Crippen LogP contribution in [-0.2, 0) is 0 Å². The van der Waals surface area contributed by atoms with Crippen LogP contribution in [0.4, 0.5) is 0 Å². The maximum absolute atomic E-state index is 13.0. The molecule has 0 radical (unpaired) electrons. The van der Waals surface area contributed by atoms with E-state index < -0.39 is 6.10 Å². The molecule has 3 atom stereocenters. The minimum atomic E-state index is -0.501. The summed E-state index contributed by atoms with van der Waals surface area (Å²) in [4.78, 5) is 15.9. The Hall–Kier alpha value is -1.70. The van der Waals surface area contributed by atoms with Gasteiger partial charge in [0.15, 0.2) is 0 Å². The van der Waals surface area contributed by atoms with Crippen LogP contribution in [0.1, 0.15) is 59.6 Å². The minimum absolute atomic E-state index is 0.00611. The fourth-order valence-corrected chi connectivity index (χ4v) is 4.79. The molecular weight excluding hydrogens is 348 g/mol. The monoisotopic (exact) mass is 374 g/mol. The Labute approximate surface area is 157 Å². The largest absolute Gasteiger partial charge is 0.387 e. The first-order valence-corrected chi connectivity index (χ1v) is 10.4. The molecular formula is C19H26N4O2S. The highest BCUT2D eigenvalue weighted by atomic mass is 32.1. The lowest BCUT2D eigenvalue weighted by molar-refractivity contribution is 0.0663. The fourth-order valence-electron chi connectivity index (χ4n) is 4.06. The molecule has 2 aromatic heterocycles. The second kappa shape index (κ2) is 7.90. The Kier molecular flexibility index (Phi) is 5.38. The number of carbonyl (C=O) groups excluding carboxylic acids is 1. The van der Waals surface area contributed by atoms with Crippen molar-refractivity contribution < 1.29 is 9.90 Å². The number of aliphatic hydroxyl groups is 1. The van der Waals surface area contributed by atoms with Crippen molar-refractivity contribution in [3.05, 3.63) is 40.3 Å². The topological polar surface area (TPSA) is 70.4 Å². The number of hydrogen-bond donors (Lipinski definition) is 2. The number of likely N-dealkylation sites (tertiary alicyclic amines) is 1. The molecule has 7 heteroatoms. The van der Waals surface area contributed by atoms with E-state index in [-0.39, 0.29) is 11.9 Å². The summed E-state index contributed by atoms with van der Waals surface area (Å²) in [7, 11) is 0. The number of nitrogens with zero attached hydrogens (tertiary/aromatic N) is 3. The Morgan fingerprint density at radius 3 is 3.08 bits per heavy atom. The number of rotatable bonds is 5. The molecule has 0 bridgehead atoms. The van der Waals surface area contributed by atoms with Gasteiger partial charge in [-0.25, -0.2) is 0 Å². The van der Waals surface area contributed by atoms with Gasteiger partial charge in [0.25, 0.3) is 5.91 Å². The number of thiophene rings is 1. The van der Waals surface area contributed by atoms with Crippen molar-refractivity contribution in [1.29, 1.82) is 0 Å². The molecule has 3 unspecified atom stereocenters. The maximum atomic E-state index is 13.0. The quantitative estimate of drug-likeness (QED) is 0.844. The van der Waals surface area contributed by atoms with Crippen LogP contribution in [0.3, 0.4) is 0 Å². The highest BCUT2D eigenvalue weighted by molar-refractivity contribution is 7.10. The maximum Gasteiger partial charge on any atom is 0.274 e. The normalized spacial score (nSPS) is 24.7. The van der Waals surface area contributed by atoms with Crippen LogP contribution in [0.5, 0.6) is 0 Å². The average Bonchev–Trinajstić information content (AvgIpc) is 3.42. The van der Waals surface area contributed by atoms with Crippen LogP contribution >= 0.6 is 11.3 Å². The second-order valence-corrected chi connectivity index (χ2v) is 8.22. The molecule has 140 valence electrons. The number of hydrogen-bond acceptors (Lipinski definition) is 5. The highest BCUT2D eigenvalue weighted by Gasteiger charge is 2.32. The summed E-state index contributed by atoms with van der Waals surface area (Å²) in [5.74, 6) is -0.00611. The molecule has 0 aromatic carbocycles. The standard InChI is InChI=1S/C19H26N4O2S/c24-17(18-6-3-11-26-18)12-14-5-2-9-22(14)19(25)16-7-10-23(21-16)15-4-1-8-20-13-15/h3,6-7,10-11,14-15,17,20,24H,1-2,4-5,8-9,12-13H2. The van der Waals surface area contributed by atoms with Gasteiger partial charge in [-0.15, -0.1) is 11.3 Å². The minimum Gasteiger partial charge on any atom is -0.387 e. The summed E-state index contributed by atoms with van der Waals surface area (Å²) >= 11 is 1.56. The van der Waals surface area contributed by atoms with Crippen molar-refractivity contribution in [2.45, 2.75) is 50.3 Å². The summed E-state index contributed by atoms with van der Waals surface area (Å²) < 4.78 is 1.94. The van der Waals surface area contributed by atoms with Crippen molar-refractivity contribution in [3.63, 3.8) is 0 Å². The van der Waals surface area contributed by atoms with E-state index in [1.807, 2.05) is 39.4 Å².